The van der Waals surface area contributed by atoms with Crippen molar-refractivity contribution in [3.8, 4) is 0 Å². The van der Waals surface area contributed by atoms with Crippen molar-refractivity contribution in [1.82, 2.24) is 10.2 Å². The van der Waals surface area contributed by atoms with E-state index in [9.17, 15) is 14.4 Å². The van der Waals surface area contributed by atoms with Crippen molar-refractivity contribution in [3.05, 3.63) is 70.2 Å². The molecule has 1 heterocycles. The summed E-state index contributed by atoms with van der Waals surface area (Å²) in [4.78, 5) is 38.8. The van der Waals surface area contributed by atoms with E-state index in [-0.39, 0.29) is 12.3 Å². The number of benzene rings is 2. The lowest BCUT2D eigenvalue weighted by Gasteiger charge is -2.22. The number of ketones is 1. The Labute approximate surface area is 163 Å². The maximum absolute atomic E-state index is 12.9. The Balaban J connectivity index is 1.81. The number of nitrogens with zero attached hydrogens (tertiary/aromatic N) is 1. The Hall–Kier alpha value is -2.66. The van der Waals surface area contributed by atoms with Gasteiger partial charge in [-0.25, -0.2) is 4.79 Å². The Morgan fingerprint density at radius 2 is 1.67 bits per heavy atom. The van der Waals surface area contributed by atoms with Crippen molar-refractivity contribution >= 4 is 29.3 Å². The summed E-state index contributed by atoms with van der Waals surface area (Å²) in [5.41, 5.74) is 1.04. The Morgan fingerprint density at radius 1 is 1.07 bits per heavy atom. The number of carbonyl (C=O) groups excluding carboxylic acids is 3. The van der Waals surface area contributed by atoms with Crippen molar-refractivity contribution in [2.45, 2.75) is 32.2 Å². The lowest BCUT2D eigenvalue weighted by Crippen LogP contribution is -2.41. The van der Waals surface area contributed by atoms with Crippen molar-refractivity contribution in [2.24, 2.45) is 0 Å². The molecule has 1 aliphatic rings. The van der Waals surface area contributed by atoms with Crippen LogP contribution in [0.2, 0.25) is 5.02 Å². The molecule has 1 saturated heterocycles. The second-order valence-corrected chi connectivity index (χ2v) is 7.59. The first-order valence-electron chi connectivity index (χ1n) is 8.75. The van der Waals surface area contributed by atoms with Crippen molar-refractivity contribution < 1.29 is 14.4 Å². The molecule has 0 spiro atoms. The van der Waals surface area contributed by atoms with Crippen LogP contribution in [0.5, 0.6) is 0 Å². The number of nitrogens with one attached hydrogen (secondary N) is 1. The fraction of sp³-hybridized carbons (Fsp3) is 0.286. The van der Waals surface area contributed by atoms with Crippen LogP contribution in [0.15, 0.2) is 48.5 Å². The van der Waals surface area contributed by atoms with Gasteiger partial charge in [0.05, 0.1) is 6.54 Å². The van der Waals surface area contributed by atoms with Gasteiger partial charge in [0.1, 0.15) is 5.54 Å². The summed E-state index contributed by atoms with van der Waals surface area (Å²) in [6.45, 7) is 5.52. The minimum absolute atomic E-state index is 0.314. The lowest BCUT2D eigenvalue weighted by molar-refractivity contribution is -0.130. The monoisotopic (exact) mass is 384 g/mol. The average Bonchev–Trinajstić information content (AvgIpc) is 2.86. The minimum atomic E-state index is -1.19. The second-order valence-electron chi connectivity index (χ2n) is 7.15. The summed E-state index contributed by atoms with van der Waals surface area (Å²) in [6.07, 6.45) is 0. The average molecular weight is 385 g/mol. The largest absolute Gasteiger partial charge is 0.325 e. The van der Waals surface area contributed by atoms with E-state index in [1.165, 1.54) is 0 Å². The van der Waals surface area contributed by atoms with Crippen LogP contribution in [0.1, 0.15) is 48.2 Å². The van der Waals surface area contributed by atoms with Crippen LogP contribution in [0.25, 0.3) is 0 Å². The van der Waals surface area contributed by atoms with Gasteiger partial charge >= 0.3 is 6.03 Å². The quantitative estimate of drug-likeness (QED) is 0.623. The normalized spacial score (nSPS) is 19.5. The van der Waals surface area contributed by atoms with Crippen LogP contribution >= 0.6 is 11.6 Å². The molecular weight excluding hydrogens is 364 g/mol. The summed E-state index contributed by atoms with van der Waals surface area (Å²) >= 11 is 5.83. The zero-order valence-electron chi connectivity index (χ0n) is 15.5. The summed E-state index contributed by atoms with van der Waals surface area (Å²) in [6, 6.07) is 13.4. The summed E-state index contributed by atoms with van der Waals surface area (Å²) in [5.74, 6) is -0.393. The number of urea groups is 1. The van der Waals surface area contributed by atoms with Crippen LogP contribution in [-0.4, -0.2) is 29.2 Å². The molecule has 1 N–H and O–H groups in total. The van der Waals surface area contributed by atoms with Crippen LogP contribution in [-0.2, 0) is 10.3 Å². The smallest absolute Gasteiger partial charge is 0.319 e. The molecule has 0 aliphatic carbocycles. The number of hydrogen-bond donors (Lipinski definition) is 1. The minimum Gasteiger partial charge on any atom is -0.319 e. The van der Waals surface area contributed by atoms with Crippen LogP contribution < -0.4 is 5.32 Å². The first-order valence-corrected chi connectivity index (χ1v) is 9.13. The summed E-state index contributed by atoms with van der Waals surface area (Å²) < 4.78 is 0. The van der Waals surface area contributed by atoms with Crippen molar-refractivity contribution in [3.63, 3.8) is 0 Å². The van der Waals surface area contributed by atoms with E-state index in [1.807, 2.05) is 24.3 Å². The molecule has 5 nitrogen and oxygen atoms in total. The molecule has 0 bridgehead atoms. The van der Waals surface area contributed by atoms with Crippen molar-refractivity contribution in [2.75, 3.05) is 6.54 Å². The van der Waals surface area contributed by atoms with Gasteiger partial charge in [0.25, 0.3) is 5.91 Å². The van der Waals surface area contributed by atoms with Gasteiger partial charge in [-0.1, -0.05) is 49.7 Å². The standard InChI is InChI=1S/C21H21ClN2O3/c1-13(2)14-4-8-16(9-5-14)21(3)19(26)24(20(27)23-21)12-18(25)15-6-10-17(22)11-7-15/h4-11,13H,12H2,1-3H3,(H,23,27). The van der Waals surface area contributed by atoms with E-state index in [0.29, 0.717) is 22.1 Å². The lowest BCUT2D eigenvalue weighted by atomic mass is 9.90. The predicted octanol–water partition coefficient (Wildman–Crippen LogP) is 4.11. The second kappa shape index (κ2) is 7.16. The Kier molecular flexibility index (Phi) is 5.07. The molecule has 3 amide bonds. The number of Topliss-reactive ketones (excluding diaryl/α,β-unsaturated/α-hetero) is 1. The molecule has 140 valence electrons. The zero-order chi connectivity index (χ0) is 19.8. The predicted molar refractivity (Wildman–Crippen MR) is 104 cm³/mol. The van der Waals surface area contributed by atoms with Crippen LogP contribution in [0, 0.1) is 0 Å². The SMILES string of the molecule is CC(C)c1ccc(C2(C)NC(=O)N(CC(=O)c3ccc(Cl)cc3)C2=O)cc1. The van der Waals surface area contributed by atoms with Crippen molar-refractivity contribution in [1.29, 1.82) is 0 Å². The molecule has 2 aromatic rings. The fourth-order valence-corrected chi connectivity index (χ4v) is 3.23. The van der Waals surface area contributed by atoms with Gasteiger partial charge in [-0.05, 0) is 48.2 Å². The van der Waals surface area contributed by atoms with Gasteiger partial charge in [0, 0.05) is 10.6 Å². The topological polar surface area (TPSA) is 66.5 Å². The highest BCUT2D eigenvalue weighted by atomic mass is 35.5. The zero-order valence-corrected chi connectivity index (χ0v) is 16.2. The van der Waals surface area contributed by atoms with Gasteiger partial charge in [-0.15, -0.1) is 0 Å². The summed E-state index contributed by atoms with van der Waals surface area (Å²) in [7, 11) is 0. The molecule has 1 unspecified atom stereocenters. The molecule has 27 heavy (non-hydrogen) atoms. The highest BCUT2D eigenvalue weighted by molar-refractivity contribution is 6.30. The highest BCUT2D eigenvalue weighted by Gasteiger charge is 2.49. The molecule has 1 aliphatic heterocycles. The van der Waals surface area contributed by atoms with Crippen LogP contribution in [0.4, 0.5) is 4.79 Å². The number of amides is 3. The van der Waals surface area contributed by atoms with E-state index in [4.69, 9.17) is 11.6 Å². The van der Waals surface area contributed by atoms with Gasteiger partial charge < -0.3 is 5.32 Å². The maximum atomic E-state index is 12.9. The van der Waals surface area contributed by atoms with Crippen LogP contribution in [0.3, 0.4) is 0 Å². The van der Waals surface area contributed by atoms with Gasteiger partial charge in [-0.2, -0.15) is 0 Å². The van der Waals surface area contributed by atoms with Gasteiger partial charge in [0.15, 0.2) is 5.78 Å². The number of carbonyl (C=O) groups is 3. The maximum Gasteiger partial charge on any atom is 0.325 e. The molecular formula is C21H21ClN2O3. The first kappa shape index (κ1) is 19.1. The molecule has 0 aromatic heterocycles. The molecule has 6 heteroatoms. The Bertz CT molecular complexity index is 891. The third-order valence-corrected chi connectivity index (χ3v) is 5.15. The van der Waals surface area contributed by atoms with Gasteiger partial charge in [0.2, 0.25) is 0 Å². The first-order chi connectivity index (χ1) is 12.7. The molecule has 1 fully saturated rings. The number of hydrogen-bond acceptors (Lipinski definition) is 3. The highest BCUT2D eigenvalue weighted by Crippen LogP contribution is 2.30. The van der Waals surface area contributed by atoms with E-state index in [0.717, 1.165) is 10.5 Å². The molecule has 1 atom stereocenters. The van der Waals surface area contributed by atoms with E-state index in [2.05, 4.69) is 19.2 Å². The fourth-order valence-electron chi connectivity index (χ4n) is 3.11. The Morgan fingerprint density at radius 3 is 2.22 bits per heavy atom. The molecule has 3 rings (SSSR count). The van der Waals surface area contributed by atoms with E-state index in [1.54, 1.807) is 31.2 Å². The number of imide groups is 1. The van der Waals surface area contributed by atoms with E-state index >= 15 is 0 Å². The number of halogens is 1. The molecule has 0 radical (unpaired) electrons. The molecule has 2 aromatic carbocycles. The third-order valence-electron chi connectivity index (χ3n) is 4.90. The van der Waals surface area contributed by atoms with Gasteiger partial charge in [-0.3, -0.25) is 14.5 Å². The number of rotatable bonds is 5. The third kappa shape index (κ3) is 3.60. The molecule has 0 saturated carbocycles. The van der Waals surface area contributed by atoms with E-state index < -0.39 is 17.5 Å². The summed E-state index contributed by atoms with van der Waals surface area (Å²) in [5, 5.41) is 3.24.